The topological polar surface area (TPSA) is 84.9 Å². The van der Waals surface area contributed by atoms with E-state index in [0.29, 0.717) is 29.9 Å². The summed E-state index contributed by atoms with van der Waals surface area (Å²) in [5.41, 5.74) is 1.19. The van der Waals surface area contributed by atoms with E-state index in [4.69, 9.17) is 9.47 Å². The van der Waals surface area contributed by atoms with Gasteiger partial charge < -0.3 is 14.8 Å². The number of ketones is 1. The number of carbonyl (C=O) groups excluding carboxylic acids is 3. The second-order valence-electron chi connectivity index (χ2n) is 6.88. The van der Waals surface area contributed by atoms with Crippen LogP contribution in [0.5, 0.6) is 11.5 Å². The van der Waals surface area contributed by atoms with Crippen molar-refractivity contribution < 1.29 is 23.9 Å². The largest absolute Gasteiger partial charge is 0.454 e. The summed E-state index contributed by atoms with van der Waals surface area (Å²) in [5.74, 6) is 0.356. The van der Waals surface area contributed by atoms with E-state index in [1.165, 1.54) is 0 Å². The van der Waals surface area contributed by atoms with E-state index in [2.05, 4.69) is 5.32 Å². The Morgan fingerprint density at radius 3 is 2.81 bits per heavy atom. The van der Waals surface area contributed by atoms with Gasteiger partial charge in [0.2, 0.25) is 6.79 Å². The molecule has 7 nitrogen and oxygen atoms in total. The Hall–Kier alpha value is -3.35. The predicted octanol–water partition coefficient (Wildman–Crippen LogP) is 1.99. The molecule has 0 unspecified atom stereocenters. The minimum Gasteiger partial charge on any atom is -0.454 e. The van der Waals surface area contributed by atoms with Crippen LogP contribution in [-0.4, -0.2) is 36.0 Å². The highest BCUT2D eigenvalue weighted by atomic mass is 16.7. The number of Topliss-reactive ketones (excluding diaryl/α,β-unsaturated/α-hetero) is 1. The molecule has 0 aromatic heterocycles. The molecule has 27 heavy (non-hydrogen) atoms. The van der Waals surface area contributed by atoms with Gasteiger partial charge in [0, 0.05) is 5.56 Å². The highest BCUT2D eigenvalue weighted by molar-refractivity contribution is 6.12. The Morgan fingerprint density at radius 1 is 1.11 bits per heavy atom. The second kappa shape index (κ2) is 5.57. The maximum atomic E-state index is 13.1. The zero-order valence-corrected chi connectivity index (χ0v) is 14.4. The molecule has 3 aliphatic rings. The molecular formula is C20H16N2O5. The fourth-order valence-electron chi connectivity index (χ4n) is 4.04. The van der Waals surface area contributed by atoms with Crippen molar-refractivity contribution in [2.75, 3.05) is 13.3 Å². The summed E-state index contributed by atoms with van der Waals surface area (Å²) >= 11 is 0. The zero-order valence-electron chi connectivity index (χ0n) is 14.4. The zero-order chi connectivity index (χ0) is 18.6. The van der Waals surface area contributed by atoms with Gasteiger partial charge in [-0.3, -0.25) is 14.5 Å². The minimum atomic E-state index is -1.05. The lowest BCUT2D eigenvalue weighted by Gasteiger charge is -2.22. The van der Waals surface area contributed by atoms with Gasteiger partial charge >= 0.3 is 6.03 Å². The first-order valence-electron chi connectivity index (χ1n) is 8.74. The summed E-state index contributed by atoms with van der Waals surface area (Å²) in [7, 11) is 0. The monoisotopic (exact) mass is 364 g/mol. The molecule has 2 aromatic rings. The minimum absolute atomic E-state index is 0.113. The van der Waals surface area contributed by atoms with Crippen molar-refractivity contribution in [3.63, 3.8) is 0 Å². The average Bonchev–Trinajstić information content (AvgIpc) is 3.35. The van der Waals surface area contributed by atoms with E-state index in [1.54, 1.807) is 18.2 Å². The normalized spacial score (nSPS) is 22.3. The molecule has 3 amide bonds. The van der Waals surface area contributed by atoms with Crippen LogP contribution in [0.1, 0.15) is 27.9 Å². The van der Waals surface area contributed by atoms with Gasteiger partial charge in [0.05, 0.1) is 6.54 Å². The van der Waals surface area contributed by atoms with Crippen molar-refractivity contribution in [1.82, 2.24) is 10.2 Å². The molecule has 136 valence electrons. The fraction of sp³-hybridized carbons (Fsp3) is 0.250. The van der Waals surface area contributed by atoms with Crippen molar-refractivity contribution >= 4 is 17.7 Å². The third-order valence-corrected chi connectivity index (χ3v) is 5.42. The number of hydrogen-bond donors (Lipinski definition) is 1. The molecule has 1 N–H and O–H groups in total. The van der Waals surface area contributed by atoms with E-state index in [1.807, 2.05) is 24.3 Å². The van der Waals surface area contributed by atoms with Crippen LogP contribution in [-0.2, 0) is 16.8 Å². The molecule has 5 rings (SSSR count). The molecule has 7 heteroatoms. The van der Waals surface area contributed by atoms with Gasteiger partial charge in [-0.2, -0.15) is 0 Å². The van der Waals surface area contributed by atoms with Crippen LogP contribution in [0, 0.1) is 0 Å². The average molecular weight is 364 g/mol. The van der Waals surface area contributed by atoms with Crippen LogP contribution in [0.4, 0.5) is 4.79 Å². The molecule has 1 atom stereocenters. The number of carbonyl (C=O) groups is 3. The van der Waals surface area contributed by atoms with Crippen LogP contribution in [0.15, 0.2) is 42.5 Å². The lowest BCUT2D eigenvalue weighted by molar-refractivity contribution is -0.131. The van der Waals surface area contributed by atoms with Crippen LogP contribution in [0.2, 0.25) is 0 Å². The maximum Gasteiger partial charge on any atom is 0.325 e. The van der Waals surface area contributed by atoms with E-state index >= 15 is 0 Å². The number of hydrogen-bond acceptors (Lipinski definition) is 5. The van der Waals surface area contributed by atoms with Crippen molar-refractivity contribution in [3.05, 3.63) is 59.2 Å². The summed E-state index contributed by atoms with van der Waals surface area (Å²) < 4.78 is 10.5. The van der Waals surface area contributed by atoms with Gasteiger partial charge in [-0.15, -0.1) is 0 Å². The number of nitrogens with zero attached hydrogens (tertiary/aromatic N) is 1. The van der Waals surface area contributed by atoms with Crippen molar-refractivity contribution in [3.8, 4) is 11.5 Å². The molecule has 0 bridgehead atoms. The number of rotatable bonds is 3. The van der Waals surface area contributed by atoms with E-state index in [9.17, 15) is 14.4 Å². The standard InChI is InChI=1S/C20H16N2O5/c23-15(13-5-6-16-17(9-13)27-11-26-16)10-22-18(24)20(21-19(22)25)8-7-12-3-1-2-4-14(12)20/h1-6,9H,7-8,10-11H2,(H,21,25)/t20-/m1/s1. The first-order valence-corrected chi connectivity index (χ1v) is 8.74. The third kappa shape index (κ3) is 2.24. The first kappa shape index (κ1) is 15.9. The molecule has 0 radical (unpaired) electrons. The molecule has 1 spiro atoms. The predicted molar refractivity (Wildman–Crippen MR) is 93.6 cm³/mol. The number of fused-ring (bicyclic) bond motifs is 3. The van der Waals surface area contributed by atoms with Crippen LogP contribution in [0.25, 0.3) is 0 Å². The SMILES string of the molecule is O=C(CN1C(=O)N[C@@]2(CCc3ccccc32)C1=O)c1ccc2c(c1)OCO2. The molecular weight excluding hydrogens is 348 g/mol. The van der Waals surface area contributed by atoms with Crippen molar-refractivity contribution in [2.45, 2.75) is 18.4 Å². The summed E-state index contributed by atoms with van der Waals surface area (Å²) in [5, 5.41) is 2.82. The number of aryl methyl sites for hydroxylation is 1. The Kier molecular flexibility index (Phi) is 3.28. The summed E-state index contributed by atoms with van der Waals surface area (Å²) in [6, 6.07) is 11.9. The van der Waals surface area contributed by atoms with E-state index in [0.717, 1.165) is 16.0 Å². The number of amides is 3. The van der Waals surface area contributed by atoms with Crippen LogP contribution < -0.4 is 14.8 Å². The Morgan fingerprint density at radius 2 is 1.93 bits per heavy atom. The molecule has 2 heterocycles. The van der Waals surface area contributed by atoms with Gasteiger partial charge in [-0.1, -0.05) is 24.3 Å². The molecule has 1 fully saturated rings. The quantitative estimate of drug-likeness (QED) is 0.665. The van der Waals surface area contributed by atoms with Gasteiger partial charge in [0.1, 0.15) is 5.54 Å². The van der Waals surface area contributed by atoms with Crippen molar-refractivity contribution in [2.24, 2.45) is 0 Å². The molecule has 2 aromatic carbocycles. The van der Waals surface area contributed by atoms with Gasteiger partial charge in [0.15, 0.2) is 17.3 Å². The Labute approximate surface area is 154 Å². The van der Waals surface area contributed by atoms with Gasteiger partial charge in [-0.05, 0) is 42.2 Å². The van der Waals surface area contributed by atoms with Crippen LogP contribution >= 0.6 is 0 Å². The lowest BCUT2D eigenvalue weighted by Crippen LogP contribution is -2.42. The second-order valence-corrected chi connectivity index (χ2v) is 6.88. The molecule has 0 saturated carbocycles. The van der Waals surface area contributed by atoms with Gasteiger partial charge in [0.25, 0.3) is 5.91 Å². The highest BCUT2D eigenvalue weighted by Crippen LogP contribution is 2.41. The molecule has 1 saturated heterocycles. The van der Waals surface area contributed by atoms with E-state index in [-0.39, 0.29) is 25.0 Å². The summed E-state index contributed by atoms with van der Waals surface area (Å²) in [6.45, 7) is -0.198. The number of imide groups is 1. The maximum absolute atomic E-state index is 13.1. The van der Waals surface area contributed by atoms with Crippen molar-refractivity contribution in [1.29, 1.82) is 0 Å². The number of ether oxygens (including phenoxy) is 2. The van der Waals surface area contributed by atoms with Gasteiger partial charge in [-0.25, -0.2) is 4.79 Å². The van der Waals surface area contributed by atoms with Crippen LogP contribution in [0.3, 0.4) is 0 Å². The third-order valence-electron chi connectivity index (χ3n) is 5.42. The lowest BCUT2D eigenvalue weighted by atomic mass is 9.92. The number of nitrogens with one attached hydrogen (secondary N) is 1. The highest BCUT2D eigenvalue weighted by Gasteiger charge is 2.55. The number of urea groups is 1. The fourth-order valence-corrected chi connectivity index (χ4v) is 4.04. The van der Waals surface area contributed by atoms with E-state index < -0.39 is 11.6 Å². The summed E-state index contributed by atoms with van der Waals surface area (Å²) in [6.07, 6.45) is 1.22. The summed E-state index contributed by atoms with van der Waals surface area (Å²) in [4.78, 5) is 39.3. The molecule has 2 aliphatic heterocycles. The Balaban J connectivity index is 1.41. The smallest absolute Gasteiger partial charge is 0.325 e. The number of benzene rings is 2. The Bertz CT molecular complexity index is 1000. The molecule has 1 aliphatic carbocycles. The first-order chi connectivity index (χ1) is 13.1.